The molecule has 1 unspecified atom stereocenters. The third-order valence-corrected chi connectivity index (χ3v) is 3.96. The van der Waals surface area contributed by atoms with Gasteiger partial charge in [0.25, 0.3) is 0 Å². The van der Waals surface area contributed by atoms with Crippen LogP contribution in [-0.2, 0) is 4.79 Å². The first kappa shape index (κ1) is 13.8. The highest BCUT2D eigenvalue weighted by atomic mass is 16.3. The van der Waals surface area contributed by atoms with Crippen molar-refractivity contribution in [2.45, 2.75) is 13.3 Å². The van der Waals surface area contributed by atoms with Gasteiger partial charge in [0.1, 0.15) is 0 Å². The number of carbonyl (C=O) groups excluding carboxylic acids is 1. The maximum atomic E-state index is 12.0. The van der Waals surface area contributed by atoms with Crippen LogP contribution in [0.3, 0.4) is 0 Å². The molecule has 1 fully saturated rings. The Bertz CT molecular complexity index is 652. The van der Waals surface area contributed by atoms with Crippen LogP contribution in [0.25, 0.3) is 11.1 Å². The van der Waals surface area contributed by atoms with Crippen molar-refractivity contribution in [3.63, 3.8) is 0 Å². The molecule has 0 radical (unpaired) electrons. The van der Waals surface area contributed by atoms with Crippen molar-refractivity contribution in [1.82, 2.24) is 4.98 Å². The van der Waals surface area contributed by atoms with Crippen LogP contribution in [0.2, 0.25) is 0 Å². The van der Waals surface area contributed by atoms with Crippen molar-refractivity contribution >= 4 is 11.6 Å². The van der Waals surface area contributed by atoms with E-state index in [1.165, 1.54) is 0 Å². The summed E-state index contributed by atoms with van der Waals surface area (Å²) in [5.74, 6) is 0.136. The van der Waals surface area contributed by atoms with E-state index in [4.69, 9.17) is 0 Å². The predicted octanol–water partition coefficient (Wildman–Crippen LogP) is 2.40. The zero-order valence-electron chi connectivity index (χ0n) is 12.0. The minimum Gasteiger partial charge on any atom is -0.396 e. The molecule has 1 atom stereocenters. The van der Waals surface area contributed by atoms with E-state index in [0.717, 1.165) is 22.5 Å². The molecule has 1 amide bonds. The fourth-order valence-corrected chi connectivity index (χ4v) is 2.76. The molecule has 0 aliphatic carbocycles. The lowest BCUT2D eigenvalue weighted by Gasteiger charge is -2.17. The normalized spacial score (nSPS) is 18.3. The lowest BCUT2D eigenvalue weighted by molar-refractivity contribution is -0.117. The van der Waals surface area contributed by atoms with Crippen LogP contribution in [0, 0.1) is 12.8 Å². The summed E-state index contributed by atoms with van der Waals surface area (Å²) >= 11 is 0. The number of amides is 1. The molecule has 1 N–H and O–H groups in total. The third-order valence-electron chi connectivity index (χ3n) is 3.96. The average Bonchev–Trinajstić information content (AvgIpc) is 2.89. The molecule has 1 saturated heterocycles. The van der Waals surface area contributed by atoms with Gasteiger partial charge >= 0.3 is 0 Å². The maximum Gasteiger partial charge on any atom is 0.227 e. The Morgan fingerprint density at radius 3 is 2.67 bits per heavy atom. The summed E-state index contributed by atoms with van der Waals surface area (Å²) in [4.78, 5) is 18.0. The first-order chi connectivity index (χ1) is 10.2. The van der Waals surface area contributed by atoms with Crippen molar-refractivity contribution < 1.29 is 9.90 Å². The molecule has 1 aromatic heterocycles. The van der Waals surface area contributed by atoms with E-state index in [-0.39, 0.29) is 18.4 Å². The second kappa shape index (κ2) is 5.66. The van der Waals surface area contributed by atoms with Gasteiger partial charge in [0, 0.05) is 48.6 Å². The van der Waals surface area contributed by atoms with Crippen molar-refractivity contribution in [3.05, 3.63) is 48.3 Å². The minimum atomic E-state index is 0.0535. The number of pyridine rings is 1. The molecule has 0 bridgehead atoms. The number of aliphatic hydroxyl groups is 1. The Morgan fingerprint density at radius 2 is 2.05 bits per heavy atom. The van der Waals surface area contributed by atoms with Gasteiger partial charge < -0.3 is 10.0 Å². The summed E-state index contributed by atoms with van der Waals surface area (Å²) in [6, 6.07) is 11.9. The van der Waals surface area contributed by atoms with Gasteiger partial charge in [0.05, 0.1) is 0 Å². The first-order valence-corrected chi connectivity index (χ1v) is 7.12. The summed E-state index contributed by atoms with van der Waals surface area (Å²) in [7, 11) is 0. The summed E-state index contributed by atoms with van der Waals surface area (Å²) in [6.07, 6.45) is 2.21. The van der Waals surface area contributed by atoms with E-state index in [0.29, 0.717) is 13.0 Å². The second-order valence-electron chi connectivity index (χ2n) is 5.44. The molecular formula is C17H18N2O2. The number of nitrogens with zero attached hydrogens (tertiary/aromatic N) is 2. The topological polar surface area (TPSA) is 53.4 Å². The standard InChI is InChI=1S/C17H18N2O2/c1-12-16(3-2-8-18-12)14-4-6-15(7-5-14)19-10-13(11-20)9-17(19)21/h2-8,13,20H,9-11H2,1H3. The van der Waals surface area contributed by atoms with Crippen LogP contribution < -0.4 is 4.90 Å². The highest BCUT2D eigenvalue weighted by Gasteiger charge is 2.29. The van der Waals surface area contributed by atoms with Crippen molar-refractivity contribution in [1.29, 1.82) is 0 Å². The van der Waals surface area contributed by atoms with Crippen LogP contribution >= 0.6 is 0 Å². The zero-order valence-corrected chi connectivity index (χ0v) is 12.0. The zero-order chi connectivity index (χ0) is 14.8. The van der Waals surface area contributed by atoms with Gasteiger partial charge in [0.15, 0.2) is 0 Å². The quantitative estimate of drug-likeness (QED) is 0.940. The lowest BCUT2D eigenvalue weighted by Crippen LogP contribution is -2.24. The van der Waals surface area contributed by atoms with Crippen LogP contribution in [0.1, 0.15) is 12.1 Å². The van der Waals surface area contributed by atoms with Gasteiger partial charge in [0.2, 0.25) is 5.91 Å². The van der Waals surface area contributed by atoms with Gasteiger partial charge in [-0.2, -0.15) is 0 Å². The van der Waals surface area contributed by atoms with Crippen molar-refractivity contribution in [3.8, 4) is 11.1 Å². The molecule has 1 aliphatic heterocycles. The summed E-state index contributed by atoms with van der Waals surface area (Å²) in [6.45, 7) is 2.65. The Labute approximate surface area is 124 Å². The van der Waals surface area contributed by atoms with E-state index in [2.05, 4.69) is 4.98 Å². The van der Waals surface area contributed by atoms with E-state index >= 15 is 0 Å². The van der Waals surface area contributed by atoms with E-state index in [1.54, 1.807) is 11.1 Å². The molecular weight excluding hydrogens is 264 g/mol. The number of benzene rings is 1. The Balaban J connectivity index is 1.85. The lowest BCUT2D eigenvalue weighted by atomic mass is 10.0. The number of aliphatic hydroxyl groups excluding tert-OH is 1. The summed E-state index contributed by atoms with van der Waals surface area (Å²) in [5.41, 5.74) is 4.07. The fraction of sp³-hybridized carbons (Fsp3) is 0.294. The highest BCUT2D eigenvalue weighted by Crippen LogP contribution is 2.28. The van der Waals surface area contributed by atoms with Crippen molar-refractivity contribution in [2.24, 2.45) is 5.92 Å². The van der Waals surface area contributed by atoms with E-state index in [1.807, 2.05) is 43.3 Å². The predicted molar refractivity (Wildman–Crippen MR) is 82.0 cm³/mol. The summed E-state index contributed by atoms with van der Waals surface area (Å²) in [5, 5.41) is 9.19. The SMILES string of the molecule is Cc1ncccc1-c1ccc(N2CC(CO)CC2=O)cc1. The third kappa shape index (κ3) is 2.67. The van der Waals surface area contributed by atoms with Crippen LogP contribution in [0.4, 0.5) is 5.69 Å². The van der Waals surface area contributed by atoms with Crippen LogP contribution in [0.5, 0.6) is 0 Å². The number of rotatable bonds is 3. The fourth-order valence-electron chi connectivity index (χ4n) is 2.76. The molecule has 108 valence electrons. The van der Waals surface area contributed by atoms with Gasteiger partial charge in [-0.25, -0.2) is 0 Å². The number of aryl methyl sites for hydroxylation is 1. The monoisotopic (exact) mass is 282 g/mol. The smallest absolute Gasteiger partial charge is 0.227 e. The Hall–Kier alpha value is -2.20. The Morgan fingerprint density at radius 1 is 1.29 bits per heavy atom. The molecule has 0 saturated carbocycles. The minimum absolute atomic E-state index is 0.0535. The maximum absolute atomic E-state index is 12.0. The van der Waals surface area contributed by atoms with Gasteiger partial charge in [-0.3, -0.25) is 9.78 Å². The van der Waals surface area contributed by atoms with Crippen LogP contribution in [0.15, 0.2) is 42.6 Å². The number of carbonyl (C=O) groups is 1. The first-order valence-electron chi connectivity index (χ1n) is 7.12. The number of anilines is 1. The largest absolute Gasteiger partial charge is 0.396 e. The molecule has 4 nitrogen and oxygen atoms in total. The summed E-state index contributed by atoms with van der Waals surface area (Å²) < 4.78 is 0. The molecule has 1 aliphatic rings. The number of hydrogen-bond acceptors (Lipinski definition) is 3. The molecule has 2 aromatic rings. The molecule has 21 heavy (non-hydrogen) atoms. The Kier molecular flexibility index (Phi) is 3.71. The van der Waals surface area contributed by atoms with E-state index < -0.39 is 0 Å². The van der Waals surface area contributed by atoms with Gasteiger partial charge in [-0.15, -0.1) is 0 Å². The second-order valence-corrected chi connectivity index (χ2v) is 5.44. The number of aromatic nitrogens is 1. The van der Waals surface area contributed by atoms with Gasteiger partial charge in [-0.1, -0.05) is 18.2 Å². The van der Waals surface area contributed by atoms with Crippen molar-refractivity contribution in [2.75, 3.05) is 18.1 Å². The molecule has 3 rings (SSSR count). The number of hydrogen-bond donors (Lipinski definition) is 1. The molecule has 2 heterocycles. The van der Waals surface area contributed by atoms with Gasteiger partial charge in [-0.05, 0) is 30.7 Å². The van der Waals surface area contributed by atoms with E-state index in [9.17, 15) is 9.90 Å². The van der Waals surface area contributed by atoms with Crippen LogP contribution in [-0.4, -0.2) is 29.1 Å². The molecule has 0 spiro atoms. The average molecular weight is 282 g/mol. The molecule has 1 aromatic carbocycles. The molecule has 4 heteroatoms. The highest BCUT2D eigenvalue weighted by molar-refractivity contribution is 5.96.